The van der Waals surface area contributed by atoms with Crippen LogP contribution in [0.25, 0.3) is 11.6 Å². The van der Waals surface area contributed by atoms with Crippen LogP contribution >= 0.6 is 15.9 Å². The van der Waals surface area contributed by atoms with E-state index in [2.05, 4.69) is 22.0 Å². The molecule has 0 heterocycles. The van der Waals surface area contributed by atoms with Gasteiger partial charge in [-0.15, -0.1) is 0 Å². The van der Waals surface area contributed by atoms with Gasteiger partial charge in [-0.1, -0.05) is 40.2 Å². The number of methoxy groups -OCH3 is 1. The summed E-state index contributed by atoms with van der Waals surface area (Å²) in [6.07, 6.45) is 0.594. The van der Waals surface area contributed by atoms with Crippen LogP contribution in [0.1, 0.15) is 18.1 Å². The number of benzene rings is 2. The fraction of sp³-hybridized carbons (Fsp3) is 0.158. The highest BCUT2D eigenvalue weighted by Crippen LogP contribution is 2.34. The molecule has 2 rings (SSSR count). The molecule has 0 fully saturated rings. The summed E-state index contributed by atoms with van der Waals surface area (Å²) in [6, 6.07) is 14.6. The molecule has 0 saturated carbocycles. The minimum absolute atomic E-state index is 0.282. The molecule has 128 valence electrons. The first-order valence-corrected chi connectivity index (χ1v) is 8.19. The number of aliphatic carboxylic acids is 1. The summed E-state index contributed by atoms with van der Waals surface area (Å²) in [7, 11) is 1.47. The second-order valence-electron chi connectivity index (χ2n) is 5.15. The standard InChI is InChI=1S/C19H16BrNO4/c1-12(19(22)23)25-18-14(4-3-5-17(18)24-2)10-15(11-21)13-6-8-16(20)9-7-13/h3-10,12H,1-2H3,(H,22,23)/b15-10-. The van der Waals surface area contributed by atoms with Crippen molar-refractivity contribution in [3.05, 3.63) is 58.1 Å². The molecular formula is C19H16BrNO4. The molecule has 0 saturated heterocycles. The lowest BCUT2D eigenvalue weighted by Gasteiger charge is -2.16. The molecule has 0 radical (unpaired) electrons. The van der Waals surface area contributed by atoms with Gasteiger partial charge in [0.1, 0.15) is 0 Å². The highest BCUT2D eigenvalue weighted by atomic mass is 79.9. The molecule has 0 spiro atoms. The van der Waals surface area contributed by atoms with Crippen molar-refractivity contribution in [2.24, 2.45) is 0 Å². The van der Waals surface area contributed by atoms with Crippen molar-refractivity contribution in [1.82, 2.24) is 0 Å². The van der Waals surface area contributed by atoms with Gasteiger partial charge in [-0.05, 0) is 36.8 Å². The molecule has 2 aromatic rings. The van der Waals surface area contributed by atoms with Gasteiger partial charge < -0.3 is 14.6 Å². The average Bonchev–Trinajstić information content (AvgIpc) is 2.61. The van der Waals surface area contributed by atoms with Crippen LogP contribution in [-0.2, 0) is 4.79 Å². The minimum Gasteiger partial charge on any atom is -0.493 e. The molecule has 1 atom stereocenters. The summed E-state index contributed by atoms with van der Waals surface area (Å²) < 4.78 is 11.7. The van der Waals surface area contributed by atoms with Gasteiger partial charge in [0.25, 0.3) is 0 Å². The van der Waals surface area contributed by atoms with Gasteiger partial charge in [-0.2, -0.15) is 5.26 Å². The summed E-state index contributed by atoms with van der Waals surface area (Å²) in [4.78, 5) is 11.1. The lowest BCUT2D eigenvalue weighted by molar-refractivity contribution is -0.144. The first kappa shape index (κ1) is 18.6. The second kappa shape index (κ2) is 8.36. The maximum atomic E-state index is 11.1. The van der Waals surface area contributed by atoms with Gasteiger partial charge in [-0.3, -0.25) is 0 Å². The van der Waals surface area contributed by atoms with E-state index in [0.29, 0.717) is 16.9 Å². The third kappa shape index (κ3) is 4.61. The number of halogens is 1. The molecule has 0 bridgehead atoms. The van der Waals surface area contributed by atoms with Crippen molar-refractivity contribution in [3.8, 4) is 17.6 Å². The van der Waals surface area contributed by atoms with Crippen LogP contribution in [0.3, 0.4) is 0 Å². The number of para-hydroxylation sites is 1. The average molecular weight is 402 g/mol. The van der Waals surface area contributed by atoms with E-state index in [1.807, 2.05) is 24.3 Å². The highest BCUT2D eigenvalue weighted by molar-refractivity contribution is 9.10. The molecule has 0 aliphatic heterocycles. The summed E-state index contributed by atoms with van der Waals surface area (Å²) in [5, 5.41) is 18.6. The first-order valence-electron chi connectivity index (χ1n) is 7.40. The summed E-state index contributed by atoms with van der Waals surface area (Å²) in [6.45, 7) is 1.43. The third-order valence-electron chi connectivity index (χ3n) is 3.45. The van der Waals surface area contributed by atoms with E-state index < -0.39 is 12.1 Å². The fourth-order valence-corrected chi connectivity index (χ4v) is 2.39. The molecule has 6 heteroatoms. The van der Waals surface area contributed by atoms with E-state index in [4.69, 9.17) is 14.6 Å². The summed E-state index contributed by atoms with van der Waals surface area (Å²) >= 11 is 3.36. The monoisotopic (exact) mass is 401 g/mol. The van der Waals surface area contributed by atoms with Gasteiger partial charge in [0.2, 0.25) is 0 Å². The molecule has 25 heavy (non-hydrogen) atoms. The number of allylic oxidation sites excluding steroid dienone is 1. The minimum atomic E-state index is -1.09. The number of nitriles is 1. The Kier molecular flexibility index (Phi) is 6.20. The zero-order valence-electron chi connectivity index (χ0n) is 13.7. The van der Waals surface area contributed by atoms with Gasteiger partial charge in [0, 0.05) is 10.0 Å². The van der Waals surface area contributed by atoms with E-state index in [0.717, 1.165) is 10.0 Å². The molecular weight excluding hydrogens is 386 g/mol. The van der Waals surface area contributed by atoms with E-state index in [9.17, 15) is 10.1 Å². The van der Waals surface area contributed by atoms with E-state index in [1.165, 1.54) is 14.0 Å². The van der Waals surface area contributed by atoms with Crippen LogP contribution in [0, 0.1) is 11.3 Å². The summed E-state index contributed by atoms with van der Waals surface area (Å²) in [5.41, 5.74) is 1.73. The molecule has 1 unspecified atom stereocenters. The van der Waals surface area contributed by atoms with Gasteiger partial charge >= 0.3 is 5.97 Å². The molecule has 0 amide bonds. The zero-order chi connectivity index (χ0) is 18.4. The molecule has 0 aromatic heterocycles. The van der Waals surface area contributed by atoms with Crippen LogP contribution in [0.2, 0.25) is 0 Å². The van der Waals surface area contributed by atoms with E-state index in [-0.39, 0.29) is 5.75 Å². The maximum absolute atomic E-state index is 11.1. The number of hydrogen-bond acceptors (Lipinski definition) is 4. The predicted octanol–water partition coefficient (Wildman–Crippen LogP) is 4.37. The van der Waals surface area contributed by atoms with Crippen LogP contribution in [0.5, 0.6) is 11.5 Å². The number of carboxylic acids is 1. The number of ether oxygens (including phenoxy) is 2. The van der Waals surface area contributed by atoms with Gasteiger partial charge in [-0.25, -0.2) is 4.79 Å². The first-order chi connectivity index (χ1) is 12.0. The normalized spacial score (nSPS) is 12.2. The molecule has 2 aromatic carbocycles. The van der Waals surface area contributed by atoms with Gasteiger partial charge in [0.15, 0.2) is 17.6 Å². The molecule has 0 aliphatic carbocycles. The highest BCUT2D eigenvalue weighted by Gasteiger charge is 2.18. The van der Waals surface area contributed by atoms with Crippen LogP contribution < -0.4 is 9.47 Å². The van der Waals surface area contributed by atoms with E-state index in [1.54, 1.807) is 24.3 Å². The Morgan fingerprint density at radius 1 is 1.28 bits per heavy atom. The number of nitrogens with zero attached hydrogens (tertiary/aromatic N) is 1. The predicted molar refractivity (Wildman–Crippen MR) is 98.3 cm³/mol. The zero-order valence-corrected chi connectivity index (χ0v) is 15.3. The Bertz CT molecular complexity index is 837. The lowest BCUT2D eigenvalue weighted by atomic mass is 10.0. The SMILES string of the molecule is COc1cccc(/C=C(/C#N)c2ccc(Br)cc2)c1OC(C)C(=O)O. The molecule has 0 aliphatic rings. The van der Waals surface area contributed by atoms with Crippen molar-refractivity contribution >= 4 is 33.5 Å². The lowest BCUT2D eigenvalue weighted by Crippen LogP contribution is -2.23. The number of hydrogen-bond donors (Lipinski definition) is 1. The van der Waals surface area contributed by atoms with Crippen LogP contribution in [0.4, 0.5) is 0 Å². The van der Waals surface area contributed by atoms with E-state index >= 15 is 0 Å². The van der Waals surface area contributed by atoms with Crippen molar-refractivity contribution in [2.75, 3.05) is 7.11 Å². The Labute approximate surface area is 154 Å². The summed E-state index contributed by atoms with van der Waals surface area (Å²) in [5.74, 6) is -0.408. The number of carbonyl (C=O) groups is 1. The van der Waals surface area contributed by atoms with Crippen LogP contribution in [-0.4, -0.2) is 24.3 Å². The Balaban J connectivity index is 2.51. The Hall–Kier alpha value is -2.78. The van der Waals surface area contributed by atoms with Crippen molar-refractivity contribution in [2.45, 2.75) is 13.0 Å². The largest absolute Gasteiger partial charge is 0.493 e. The van der Waals surface area contributed by atoms with Crippen molar-refractivity contribution < 1.29 is 19.4 Å². The number of rotatable bonds is 6. The van der Waals surface area contributed by atoms with Crippen LogP contribution in [0.15, 0.2) is 46.9 Å². The third-order valence-corrected chi connectivity index (χ3v) is 3.98. The second-order valence-corrected chi connectivity index (χ2v) is 6.07. The topological polar surface area (TPSA) is 79.5 Å². The smallest absolute Gasteiger partial charge is 0.344 e. The molecule has 1 N–H and O–H groups in total. The quantitative estimate of drug-likeness (QED) is 0.573. The molecule has 5 nitrogen and oxygen atoms in total. The van der Waals surface area contributed by atoms with Gasteiger partial charge in [0.05, 0.1) is 18.8 Å². The van der Waals surface area contributed by atoms with Crippen molar-refractivity contribution in [1.29, 1.82) is 5.26 Å². The maximum Gasteiger partial charge on any atom is 0.344 e. The Morgan fingerprint density at radius 2 is 1.96 bits per heavy atom. The number of carboxylic acid groups (broad SMARTS) is 1. The van der Waals surface area contributed by atoms with Crippen molar-refractivity contribution in [3.63, 3.8) is 0 Å². The Morgan fingerprint density at radius 3 is 2.52 bits per heavy atom. The fourth-order valence-electron chi connectivity index (χ4n) is 2.13.